The van der Waals surface area contributed by atoms with Crippen LogP contribution in [0.1, 0.15) is 24.1 Å². The third-order valence-corrected chi connectivity index (χ3v) is 6.11. The van der Waals surface area contributed by atoms with Crippen molar-refractivity contribution in [3.63, 3.8) is 0 Å². The summed E-state index contributed by atoms with van der Waals surface area (Å²) >= 11 is 5.97. The van der Waals surface area contributed by atoms with Crippen molar-refractivity contribution in [3.05, 3.63) is 56.6 Å². The molecule has 1 aliphatic heterocycles. The van der Waals surface area contributed by atoms with Crippen LogP contribution in [0.15, 0.2) is 35.2 Å². The fourth-order valence-electron chi connectivity index (χ4n) is 2.68. The summed E-state index contributed by atoms with van der Waals surface area (Å²) in [4.78, 5) is 10.2. The monoisotopic (exact) mass is 412 g/mol. The van der Waals surface area contributed by atoms with E-state index in [1.54, 1.807) is 25.1 Å². The Balaban J connectivity index is 1.89. The molecule has 0 spiro atoms. The summed E-state index contributed by atoms with van der Waals surface area (Å²) in [6, 6.07) is 6.73. The Kier molecular flexibility index (Phi) is 5.27. The SMILES string of the molecule is Cc1c(Cl)cc(S(=O)(=O)N[C@H](C)c2ccc3c(c2)OCCO3)cc1[N+](=O)[O-]. The van der Waals surface area contributed by atoms with Crippen molar-refractivity contribution in [1.82, 2.24) is 4.72 Å². The molecule has 144 valence electrons. The summed E-state index contributed by atoms with van der Waals surface area (Å²) in [7, 11) is -4.04. The number of hydrogen-bond donors (Lipinski definition) is 1. The highest BCUT2D eigenvalue weighted by Gasteiger charge is 2.25. The van der Waals surface area contributed by atoms with Gasteiger partial charge < -0.3 is 9.47 Å². The first-order valence-corrected chi connectivity index (χ1v) is 9.91. The molecule has 0 saturated carbocycles. The van der Waals surface area contributed by atoms with E-state index in [-0.39, 0.29) is 21.2 Å². The summed E-state index contributed by atoms with van der Waals surface area (Å²) in [6.45, 7) is 4.00. The van der Waals surface area contributed by atoms with E-state index in [4.69, 9.17) is 21.1 Å². The van der Waals surface area contributed by atoms with Crippen LogP contribution >= 0.6 is 11.6 Å². The second-order valence-corrected chi connectivity index (χ2v) is 8.17. The minimum absolute atomic E-state index is 0.0107. The van der Waals surface area contributed by atoms with Gasteiger partial charge in [0.05, 0.1) is 14.8 Å². The Hall–Kier alpha value is -2.36. The lowest BCUT2D eigenvalue weighted by Crippen LogP contribution is -2.27. The van der Waals surface area contributed by atoms with Crippen molar-refractivity contribution in [2.75, 3.05) is 13.2 Å². The highest BCUT2D eigenvalue weighted by Crippen LogP contribution is 2.34. The number of nitro benzene ring substituents is 1. The van der Waals surface area contributed by atoms with Crippen molar-refractivity contribution in [2.24, 2.45) is 0 Å². The maximum absolute atomic E-state index is 12.7. The zero-order valence-electron chi connectivity index (χ0n) is 14.6. The smallest absolute Gasteiger partial charge is 0.275 e. The van der Waals surface area contributed by atoms with Gasteiger partial charge in [-0.25, -0.2) is 13.1 Å². The van der Waals surface area contributed by atoms with E-state index in [9.17, 15) is 18.5 Å². The lowest BCUT2D eigenvalue weighted by molar-refractivity contribution is -0.385. The van der Waals surface area contributed by atoms with Gasteiger partial charge in [-0.3, -0.25) is 10.1 Å². The molecule has 0 fully saturated rings. The number of ether oxygens (including phenoxy) is 2. The average Bonchev–Trinajstić information content (AvgIpc) is 2.62. The number of benzene rings is 2. The number of hydrogen-bond acceptors (Lipinski definition) is 6. The van der Waals surface area contributed by atoms with Crippen molar-refractivity contribution in [3.8, 4) is 11.5 Å². The number of nitrogens with one attached hydrogen (secondary N) is 1. The lowest BCUT2D eigenvalue weighted by Gasteiger charge is -2.21. The van der Waals surface area contributed by atoms with Gasteiger partial charge in [0.2, 0.25) is 10.0 Å². The Morgan fingerprint density at radius 3 is 2.52 bits per heavy atom. The highest BCUT2D eigenvalue weighted by molar-refractivity contribution is 7.89. The molecule has 10 heteroatoms. The second kappa shape index (κ2) is 7.34. The van der Waals surface area contributed by atoms with Gasteiger partial charge in [0.1, 0.15) is 13.2 Å². The van der Waals surface area contributed by atoms with Crippen molar-refractivity contribution in [1.29, 1.82) is 0 Å². The number of sulfonamides is 1. The van der Waals surface area contributed by atoms with E-state index in [1.807, 2.05) is 0 Å². The zero-order chi connectivity index (χ0) is 19.8. The molecule has 0 radical (unpaired) electrons. The van der Waals surface area contributed by atoms with Crippen LogP contribution in [0.3, 0.4) is 0 Å². The third-order valence-electron chi connectivity index (χ3n) is 4.20. The number of halogens is 1. The maximum Gasteiger partial charge on any atom is 0.275 e. The van der Waals surface area contributed by atoms with Crippen LogP contribution in [0.5, 0.6) is 11.5 Å². The second-order valence-electron chi connectivity index (χ2n) is 6.05. The minimum atomic E-state index is -4.04. The van der Waals surface area contributed by atoms with Crippen LogP contribution in [0.25, 0.3) is 0 Å². The van der Waals surface area contributed by atoms with Gasteiger partial charge in [0.15, 0.2) is 11.5 Å². The molecule has 0 unspecified atom stereocenters. The summed E-state index contributed by atoms with van der Waals surface area (Å²) in [6.07, 6.45) is 0. The van der Waals surface area contributed by atoms with Gasteiger partial charge in [-0.1, -0.05) is 17.7 Å². The topological polar surface area (TPSA) is 108 Å². The first kappa shape index (κ1) is 19.4. The van der Waals surface area contributed by atoms with Gasteiger partial charge >= 0.3 is 0 Å². The molecule has 8 nitrogen and oxygen atoms in total. The first-order chi connectivity index (χ1) is 12.7. The third kappa shape index (κ3) is 4.00. The predicted molar refractivity (Wildman–Crippen MR) is 99.0 cm³/mol. The quantitative estimate of drug-likeness (QED) is 0.595. The molecule has 0 aromatic heterocycles. The van der Waals surface area contributed by atoms with Crippen LogP contribution in [0.2, 0.25) is 5.02 Å². The zero-order valence-corrected chi connectivity index (χ0v) is 16.1. The molecule has 1 aliphatic rings. The molecule has 0 aliphatic carbocycles. The fraction of sp³-hybridized carbons (Fsp3) is 0.294. The van der Waals surface area contributed by atoms with Crippen LogP contribution in [0, 0.1) is 17.0 Å². The Labute approximate surface area is 161 Å². The summed E-state index contributed by atoms with van der Waals surface area (Å²) in [5, 5.41) is 11.1. The van der Waals surface area contributed by atoms with Crippen LogP contribution in [-0.2, 0) is 10.0 Å². The predicted octanol–water partition coefficient (Wildman–Crippen LogP) is 3.37. The molecule has 2 aromatic carbocycles. The van der Waals surface area contributed by atoms with Crippen molar-refractivity contribution >= 4 is 27.3 Å². The van der Waals surface area contributed by atoms with Crippen molar-refractivity contribution in [2.45, 2.75) is 24.8 Å². The van der Waals surface area contributed by atoms with E-state index in [1.165, 1.54) is 13.0 Å². The Morgan fingerprint density at radius 2 is 1.85 bits per heavy atom. The maximum atomic E-state index is 12.7. The number of rotatable bonds is 5. The molecule has 3 rings (SSSR count). The number of nitrogens with zero attached hydrogens (tertiary/aromatic N) is 1. The molecule has 0 bridgehead atoms. The van der Waals surface area contributed by atoms with Crippen LogP contribution < -0.4 is 14.2 Å². The van der Waals surface area contributed by atoms with E-state index >= 15 is 0 Å². The Morgan fingerprint density at radius 1 is 1.19 bits per heavy atom. The van der Waals surface area contributed by atoms with Gasteiger partial charge in [-0.2, -0.15) is 0 Å². The molecule has 0 amide bonds. The number of fused-ring (bicyclic) bond motifs is 1. The molecule has 1 atom stereocenters. The van der Waals surface area contributed by atoms with Crippen molar-refractivity contribution < 1.29 is 22.8 Å². The first-order valence-electron chi connectivity index (χ1n) is 8.05. The molecule has 0 saturated heterocycles. The Bertz CT molecular complexity index is 1010. The van der Waals surface area contributed by atoms with Crippen LogP contribution in [-0.4, -0.2) is 26.6 Å². The van der Waals surface area contributed by atoms with E-state index < -0.39 is 21.0 Å². The molecule has 27 heavy (non-hydrogen) atoms. The average molecular weight is 413 g/mol. The van der Waals surface area contributed by atoms with E-state index in [2.05, 4.69) is 4.72 Å². The summed E-state index contributed by atoms with van der Waals surface area (Å²) in [5.74, 6) is 1.14. The molecule has 1 heterocycles. The largest absolute Gasteiger partial charge is 0.486 e. The minimum Gasteiger partial charge on any atom is -0.486 e. The highest BCUT2D eigenvalue weighted by atomic mass is 35.5. The van der Waals surface area contributed by atoms with E-state index in [0.29, 0.717) is 30.3 Å². The molecule has 2 aromatic rings. The van der Waals surface area contributed by atoms with Crippen LogP contribution in [0.4, 0.5) is 5.69 Å². The van der Waals surface area contributed by atoms with E-state index in [0.717, 1.165) is 6.07 Å². The lowest BCUT2D eigenvalue weighted by atomic mass is 10.1. The standard InChI is InChI=1S/C17H17ClN2O6S/c1-10-14(18)8-13(9-15(10)20(21)22)27(23,24)19-11(2)12-3-4-16-17(7-12)26-6-5-25-16/h3-4,7-9,11,19H,5-6H2,1-2H3/t11-/m1/s1. The van der Waals surface area contributed by atoms with Gasteiger partial charge in [-0.15, -0.1) is 0 Å². The van der Waals surface area contributed by atoms with Gasteiger partial charge in [-0.05, 0) is 37.6 Å². The fourth-order valence-corrected chi connectivity index (χ4v) is 4.24. The van der Waals surface area contributed by atoms with Gasteiger partial charge in [0, 0.05) is 17.7 Å². The molecular formula is C17H17ClN2O6S. The normalized spacial score (nSPS) is 14.6. The summed E-state index contributed by atoms with van der Waals surface area (Å²) in [5.41, 5.74) is 0.519. The molecule has 1 N–H and O–H groups in total. The van der Waals surface area contributed by atoms with Gasteiger partial charge in [0.25, 0.3) is 5.69 Å². The summed E-state index contributed by atoms with van der Waals surface area (Å²) < 4.78 is 38.8. The molecular weight excluding hydrogens is 396 g/mol. The number of nitro groups is 1.